The molecule has 0 spiro atoms. The zero-order valence-electron chi connectivity index (χ0n) is 28.9. The first-order valence-corrected chi connectivity index (χ1v) is 18.8. The second kappa shape index (κ2) is 17.5. The molecule has 6 rings (SSSR count). The van der Waals surface area contributed by atoms with E-state index in [-0.39, 0.29) is 64.8 Å². The van der Waals surface area contributed by atoms with Gasteiger partial charge in [-0.15, -0.1) is 22.7 Å². The number of hydrogen-bond acceptors (Lipinski definition) is 11. The highest BCUT2D eigenvalue weighted by molar-refractivity contribution is 7.12. The lowest BCUT2D eigenvalue weighted by Crippen LogP contribution is -2.42. The molecule has 53 heavy (non-hydrogen) atoms. The van der Waals surface area contributed by atoms with Crippen molar-refractivity contribution in [3.8, 4) is 5.75 Å². The monoisotopic (exact) mass is 768 g/mol. The van der Waals surface area contributed by atoms with Crippen LogP contribution in [0.3, 0.4) is 0 Å². The molecule has 1 aliphatic carbocycles. The van der Waals surface area contributed by atoms with Crippen LogP contribution in [0, 0.1) is 5.82 Å². The quantitative estimate of drug-likeness (QED) is 0.0799. The number of anilines is 1. The smallest absolute Gasteiger partial charge is 0.349 e. The third kappa shape index (κ3) is 9.18. The standard InChI is InChI=1S/C38H41FN4O7S2.FH/c1-43(24-7-9-25(10-8-24)50-37(48)38(49,32-4-2-18-51-32)33-5-3-19-52-33)17-16-35(47)41-29-13-6-23(20-28(29)39)21-40-22-31(45)26-11-14-30(44)36-27(26)12-15-34(46)42-36;/h2-6,11-15,18-20,24-25,31,40,44-45,49H,7-10,16-17,21-22H2,1H3,(H,41,47)(H,42,46);1H/t24-,25-,31-;/m0./s1. The average Bonchev–Trinajstić information content (AvgIpc) is 3.89. The van der Waals surface area contributed by atoms with Crippen LogP contribution in [0.4, 0.5) is 14.8 Å². The number of carbonyl (C=O) groups excluding carboxylic acids is 2. The number of aliphatic hydroxyl groups is 2. The number of halogens is 2. The lowest BCUT2D eigenvalue weighted by Gasteiger charge is -2.35. The number of aromatic amines is 1. The molecule has 11 nitrogen and oxygen atoms in total. The van der Waals surface area contributed by atoms with Gasteiger partial charge in [-0.05, 0) is 91.0 Å². The summed E-state index contributed by atoms with van der Waals surface area (Å²) in [5.74, 6) is -1.65. The Labute approximate surface area is 312 Å². The Hall–Kier alpha value is -4.51. The van der Waals surface area contributed by atoms with Crippen LogP contribution < -0.4 is 16.2 Å². The molecule has 1 aliphatic rings. The number of benzene rings is 2. The Morgan fingerprint density at radius 1 is 1.04 bits per heavy atom. The summed E-state index contributed by atoms with van der Waals surface area (Å²) in [4.78, 5) is 43.5. The highest BCUT2D eigenvalue weighted by Gasteiger charge is 2.45. The van der Waals surface area contributed by atoms with Gasteiger partial charge in [0.25, 0.3) is 0 Å². The van der Waals surface area contributed by atoms with E-state index in [2.05, 4.69) is 20.5 Å². The summed E-state index contributed by atoms with van der Waals surface area (Å²) >= 11 is 2.62. The van der Waals surface area contributed by atoms with Gasteiger partial charge in [0.15, 0.2) is 0 Å². The SMILES string of the molecule is CN(CCC(=O)Nc1ccc(CNC[C@H](O)c2ccc(O)c3[nH]c(=O)ccc23)cc1F)[C@H]1CC[C@H](OC(=O)C(O)(c2cccs2)c2cccs2)CC1.F. The summed E-state index contributed by atoms with van der Waals surface area (Å²) in [7, 11) is 1.95. The van der Waals surface area contributed by atoms with Crippen LogP contribution in [0.15, 0.2) is 82.3 Å². The van der Waals surface area contributed by atoms with Crippen LogP contribution in [-0.4, -0.2) is 69.4 Å². The number of fused-ring (bicyclic) bond motifs is 1. The Bertz CT molecular complexity index is 2020. The lowest BCUT2D eigenvalue weighted by molar-refractivity contribution is -0.169. The number of aromatic hydroxyl groups is 1. The van der Waals surface area contributed by atoms with Crippen LogP contribution >= 0.6 is 22.7 Å². The van der Waals surface area contributed by atoms with Gasteiger partial charge in [0.2, 0.25) is 17.1 Å². The van der Waals surface area contributed by atoms with E-state index in [4.69, 9.17) is 4.74 Å². The molecular weight excluding hydrogens is 727 g/mol. The maximum absolute atomic E-state index is 15.0. The molecule has 5 aromatic rings. The number of H-pyrrole nitrogens is 1. The fourth-order valence-electron chi connectivity index (χ4n) is 6.59. The van der Waals surface area contributed by atoms with E-state index in [0.717, 1.165) is 12.8 Å². The number of nitrogens with zero attached hydrogens (tertiary/aromatic N) is 1. The van der Waals surface area contributed by atoms with Gasteiger partial charge in [0.1, 0.15) is 17.7 Å². The molecule has 1 saturated carbocycles. The van der Waals surface area contributed by atoms with Crippen molar-refractivity contribution in [3.05, 3.63) is 115 Å². The Morgan fingerprint density at radius 2 is 1.74 bits per heavy atom. The van der Waals surface area contributed by atoms with Crippen molar-refractivity contribution in [2.45, 2.75) is 62.5 Å². The molecular formula is C38H42F2N4O7S2. The third-order valence-corrected chi connectivity index (χ3v) is 11.5. The topological polar surface area (TPSA) is 164 Å². The molecule has 1 fully saturated rings. The maximum atomic E-state index is 15.0. The predicted octanol–water partition coefficient (Wildman–Crippen LogP) is 5.52. The van der Waals surface area contributed by atoms with Crippen molar-refractivity contribution in [2.24, 2.45) is 0 Å². The maximum Gasteiger partial charge on any atom is 0.349 e. The number of amides is 1. The van der Waals surface area contributed by atoms with Crippen molar-refractivity contribution < 1.29 is 38.7 Å². The van der Waals surface area contributed by atoms with Gasteiger partial charge in [0, 0.05) is 43.5 Å². The molecule has 2 aromatic carbocycles. The van der Waals surface area contributed by atoms with E-state index >= 15 is 0 Å². The van der Waals surface area contributed by atoms with E-state index in [1.807, 2.05) is 17.8 Å². The molecule has 0 aliphatic heterocycles. The number of thiophene rings is 2. The number of phenolic OH excluding ortho intramolecular Hbond substituents is 1. The number of aliphatic hydroxyl groups excluding tert-OH is 1. The van der Waals surface area contributed by atoms with Crippen molar-refractivity contribution in [1.29, 1.82) is 0 Å². The Balaban J connectivity index is 0.00000541. The Morgan fingerprint density at radius 3 is 2.38 bits per heavy atom. The van der Waals surface area contributed by atoms with E-state index in [1.54, 1.807) is 42.5 Å². The van der Waals surface area contributed by atoms with Crippen LogP contribution in [0.1, 0.15) is 59.1 Å². The normalized spacial score (nSPS) is 16.6. The molecule has 3 heterocycles. The first-order valence-electron chi connectivity index (χ1n) is 17.1. The number of phenols is 1. The minimum atomic E-state index is -1.83. The highest BCUT2D eigenvalue weighted by Crippen LogP contribution is 2.38. The predicted molar refractivity (Wildman–Crippen MR) is 201 cm³/mol. The third-order valence-electron chi connectivity index (χ3n) is 9.52. The van der Waals surface area contributed by atoms with Gasteiger partial charge in [0.05, 0.1) is 27.1 Å². The van der Waals surface area contributed by atoms with E-state index in [1.165, 1.54) is 46.9 Å². The number of hydrogen-bond donors (Lipinski definition) is 6. The fourth-order valence-corrected chi connectivity index (χ4v) is 8.30. The molecule has 282 valence electrons. The van der Waals surface area contributed by atoms with Gasteiger partial charge in [-0.3, -0.25) is 14.3 Å². The van der Waals surface area contributed by atoms with E-state index in [9.17, 15) is 34.1 Å². The zero-order valence-corrected chi connectivity index (χ0v) is 30.6. The minimum absolute atomic E-state index is 0. The lowest BCUT2D eigenvalue weighted by atomic mass is 9.91. The van der Waals surface area contributed by atoms with Gasteiger partial charge in [-0.2, -0.15) is 0 Å². The van der Waals surface area contributed by atoms with Crippen LogP contribution in [0.25, 0.3) is 10.9 Å². The second-order valence-electron chi connectivity index (χ2n) is 13.0. The van der Waals surface area contributed by atoms with Crippen molar-refractivity contribution in [2.75, 3.05) is 25.5 Å². The first-order chi connectivity index (χ1) is 25.0. The van der Waals surface area contributed by atoms with Crippen molar-refractivity contribution in [3.63, 3.8) is 0 Å². The number of nitrogens with one attached hydrogen (secondary N) is 3. The van der Waals surface area contributed by atoms with Crippen LogP contribution in [-0.2, 0) is 26.5 Å². The van der Waals surface area contributed by atoms with Crippen LogP contribution in [0.2, 0.25) is 0 Å². The number of rotatable bonds is 14. The minimum Gasteiger partial charge on any atom is -0.506 e. The molecule has 1 atom stereocenters. The summed E-state index contributed by atoms with van der Waals surface area (Å²) in [6.07, 6.45) is 1.70. The number of esters is 1. The molecule has 6 N–H and O–H groups in total. The summed E-state index contributed by atoms with van der Waals surface area (Å²) in [5, 5.41) is 42.3. The molecule has 0 radical (unpaired) electrons. The molecule has 0 unspecified atom stereocenters. The average molecular weight is 769 g/mol. The summed E-state index contributed by atoms with van der Waals surface area (Å²) in [6, 6.07) is 17.6. The number of pyridine rings is 1. The van der Waals surface area contributed by atoms with Crippen molar-refractivity contribution >= 4 is 51.1 Å². The molecule has 15 heteroatoms. The first kappa shape index (κ1) is 39.7. The summed E-state index contributed by atoms with van der Waals surface area (Å²) in [5.41, 5.74) is -0.740. The van der Waals surface area contributed by atoms with Gasteiger partial charge < -0.3 is 40.6 Å². The second-order valence-corrected chi connectivity index (χ2v) is 14.9. The highest BCUT2D eigenvalue weighted by atomic mass is 32.1. The van der Waals surface area contributed by atoms with Crippen molar-refractivity contribution in [1.82, 2.24) is 15.2 Å². The van der Waals surface area contributed by atoms with Gasteiger partial charge in [-0.25, -0.2) is 9.18 Å². The number of aromatic nitrogens is 1. The number of ether oxygens (including phenoxy) is 1. The van der Waals surface area contributed by atoms with Gasteiger partial charge >= 0.3 is 5.97 Å². The Kier molecular flexibility index (Phi) is 13.1. The van der Waals surface area contributed by atoms with Crippen LogP contribution in [0.5, 0.6) is 5.75 Å². The molecule has 0 bridgehead atoms. The number of carbonyl (C=O) groups is 2. The van der Waals surface area contributed by atoms with E-state index in [0.29, 0.717) is 45.7 Å². The largest absolute Gasteiger partial charge is 0.506 e. The molecule has 1 amide bonds. The summed E-state index contributed by atoms with van der Waals surface area (Å²) < 4.78 is 20.8. The summed E-state index contributed by atoms with van der Waals surface area (Å²) in [6.45, 7) is 0.856. The zero-order chi connectivity index (χ0) is 36.8. The molecule has 0 saturated heterocycles. The molecule has 3 aromatic heterocycles. The van der Waals surface area contributed by atoms with Gasteiger partial charge in [-0.1, -0.05) is 24.3 Å². The fraction of sp³-hybridized carbons (Fsp3) is 0.342. The van der Waals surface area contributed by atoms with E-state index < -0.39 is 23.5 Å².